The molecule has 1 aliphatic carbocycles. The Hall–Kier alpha value is -1.74. The van der Waals surface area contributed by atoms with Crippen molar-refractivity contribution in [3.63, 3.8) is 0 Å². The SMILES string of the molecule is ON=C(C1=CC=CCC1=S)c1ccccc1. The van der Waals surface area contributed by atoms with Gasteiger partial charge in [-0.15, -0.1) is 0 Å². The molecule has 0 atom stereocenters. The fourth-order valence-corrected chi connectivity index (χ4v) is 1.88. The molecule has 0 bridgehead atoms. The van der Waals surface area contributed by atoms with E-state index in [2.05, 4.69) is 5.16 Å². The smallest absolute Gasteiger partial charge is 0.118 e. The minimum absolute atomic E-state index is 0.537. The van der Waals surface area contributed by atoms with Gasteiger partial charge in [-0.2, -0.15) is 0 Å². The van der Waals surface area contributed by atoms with Crippen LogP contribution in [0, 0.1) is 0 Å². The molecule has 0 fully saturated rings. The average molecular weight is 229 g/mol. The number of thiocarbonyl (C=S) groups is 1. The van der Waals surface area contributed by atoms with Crippen LogP contribution in [0.15, 0.2) is 59.3 Å². The fraction of sp³-hybridized carbons (Fsp3) is 0.0769. The van der Waals surface area contributed by atoms with Crippen LogP contribution >= 0.6 is 12.2 Å². The van der Waals surface area contributed by atoms with Gasteiger partial charge >= 0.3 is 0 Å². The molecule has 1 aromatic carbocycles. The first-order chi connectivity index (χ1) is 7.83. The Morgan fingerprint density at radius 1 is 1.25 bits per heavy atom. The van der Waals surface area contributed by atoms with Crippen LogP contribution in [0.2, 0.25) is 0 Å². The second kappa shape index (κ2) is 4.86. The van der Waals surface area contributed by atoms with Crippen LogP contribution < -0.4 is 0 Å². The monoisotopic (exact) mass is 229 g/mol. The second-order valence-corrected chi connectivity index (χ2v) is 3.94. The summed E-state index contributed by atoms with van der Waals surface area (Å²) in [6.45, 7) is 0. The van der Waals surface area contributed by atoms with Gasteiger partial charge in [-0.05, 0) is 0 Å². The minimum atomic E-state index is 0.537. The highest BCUT2D eigenvalue weighted by molar-refractivity contribution is 7.81. The van der Waals surface area contributed by atoms with Crippen molar-refractivity contribution in [2.45, 2.75) is 6.42 Å². The summed E-state index contributed by atoms with van der Waals surface area (Å²) in [5, 5.41) is 12.5. The molecule has 0 heterocycles. The second-order valence-electron chi connectivity index (χ2n) is 3.45. The summed E-state index contributed by atoms with van der Waals surface area (Å²) in [4.78, 5) is 0.805. The van der Waals surface area contributed by atoms with Crippen LogP contribution in [0.3, 0.4) is 0 Å². The zero-order chi connectivity index (χ0) is 11.4. The number of benzene rings is 1. The Kier molecular flexibility index (Phi) is 3.27. The zero-order valence-electron chi connectivity index (χ0n) is 8.63. The lowest BCUT2D eigenvalue weighted by atomic mass is 9.95. The Labute approximate surface area is 99.6 Å². The standard InChI is InChI=1S/C13H11NOS/c15-14-13(10-6-2-1-3-7-10)11-8-4-5-9-12(11)16/h1-8,15H,9H2. The van der Waals surface area contributed by atoms with E-state index >= 15 is 0 Å². The van der Waals surface area contributed by atoms with E-state index in [9.17, 15) is 0 Å². The topological polar surface area (TPSA) is 32.6 Å². The normalized spacial score (nSPS) is 16.1. The lowest BCUT2D eigenvalue weighted by Crippen LogP contribution is -2.14. The maximum atomic E-state index is 9.11. The van der Waals surface area contributed by atoms with Crippen LogP contribution in [0.1, 0.15) is 12.0 Å². The molecule has 0 aromatic heterocycles. The van der Waals surface area contributed by atoms with Crippen molar-refractivity contribution in [1.82, 2.24) is 0 Å². The van der Waals surface area contributed by atoms with E-state index in [-0.39, 0.29) is 0 Å². The van der Waals surface area contributed by atoms with E-state index in [0.717, 1.165) is 22.4 Å². The van der Waals surface area contributed by atoms with Crippen molar-refractivity contribution in [3.8, 4) is 0 Å². The third-order valence-electron chi connectivity index (χ3n) is 2.40. The Bertz CT molecular complexity index is 486. The van der Waals surface area contributed by atoms with Crippen LogP contribution in [0.4, 0.5) is 0 Å². The summed E-state index contributed by atoms with van der Waals surface area (Å²) >= 11 is 5.26. The van der Waals surface area contributed by atoms with E-state index in [4.69, 9.17) is 17.4 Å². The largest absolute Gasteiger partial charge is 0.410 e. The molecule has 80 valence electrons. The number of oxime groups is 1. The molecule has 0 saturated heterocycles. The van der Waals surface area contributed by atoms with Crippen molar-refractivity contribution in [2.75, 3.05) is 0 Å². The predicted molar refractivity (Wildman–Crippen MR) is 69.2 cm³/mol. The van der Waals surface area contributed by atoms with Crippen LogP contribution in [-0.2, 0) is 0 Å². The van der Waals surface area contributed by atoms with Gasteiger partial charge in [0.15, 0.2) is 0 Å². The molecule has 16 heavy (non-hydrogen) atoms. The third-order valence-corrected chi connectivity index (χ3v) is 2.79. The molecular weight excluding hydrogens is 218 g/mol. The van der Waals surface area contributed by atoms with Crippen molar-refractivity contribution < 1.29 is 5.21 Å². The number of hydrogen-bond acceptors (Lipinski definition) is 3. The quantitative estimate of drug-likeness (QED) is 0.366. The molecular formula is C13H11NOS. The third kappa shape index (κ3) is 2.09. The Morgan fingerprint density at radius 3 is 2.62 bits per heavy atom. The van der Waals surface area contributed by atoms with Crippen molar-refractivity contribution in [1.29, 1.82) is 0 Å². The van der Waals surface area contributed by atoms with E-state index in [0.29, 0.717) is 5.71 Å². The first-order valence-electron chi connectivity index (χ1n) is 5.01. The average Bonchev–Trinajstić information content (AvgIpc) is 2.34. The van der Waals surface area contributed by atoms with E-state index in [1.165, 1.54) is 0 Å². The van der Waals surface area contributed by atoms with Crippen LogP contribution in [0.25, 0.3) is 0 Å². The van der Waals surface area contributed by atoms with Gasteiger partial charge in [0.25, 0.3) is 0 Å². The number of allylic oxidation sites excluding steroid dienone is 4. The van der Waals surface area contributed by atoms with Crippen LogP contribution in [-0.4, -0.2) is 15.8 Å². The van der Waals surface area contributed by atoms with Gasteiger partial charge in [-0.25, -0.2) is 0 Å². The van der Waals surface area contributed by atoms with E-state index < -0.39 is 0 Å². The summed E-state index contributed by atoms with van der Waals surface area (Å²) in [7, 11) is 0. The molecule has 0 aliphatic heterocycles. The lowest BCUT2D eigenvalue weighted by molar-refractivity contribution is 0.319. The summed E-state index contributed by atoms with van der Waals surface area (Å²) in [6.07, 6.45) is 6.53. The van der Waals surface area contributed by atoms with Gasteiger partial charge in [0.2, 0.25) is 0 Å². The summed E-state index contributed by atoms with van der Waals surface area (Å²) in [5.41, 5.74) is 2.23. The van der Waals surface area contributed by atoms with Crippen LogP contribution in [0.5, 0.6) is 0 Å². The first kappa shape index (κ1) is 10.8. The maximum Gasteiger partial charge on any atom is 0.118 e. The van der Waals surface area contributed by atoms with Gasteiger partial charge in [-0.3, -0.25) is 0 Å². The van der Waals surface area contributed by atoms with Gasteiger partial charge in [0.1, 0.15) is 5.71 Å². The molecule has 0 spiro atoms. The van der Waals surface area contributed by atoms with Crippen molar-refractivity contribution in [2.24, 2.45) is 5.16 Å². The molecule has 0 unspecified atom stereocenters. The molecule has 3 heteroatoms. The molecule has 1 aliphatic rings. The highest BCUT2D eigenvalue weighted by Gasteiger charge is 2.15. The molecule has 2 rings (SSSR count). The predicted octanol–water partition coefficient (Wildman–Crippen LogP) is 3.12. The van der Waals surface area contributed by atoms with E-state index in [1.54, 1.807) is 0 Å². The van der Waals surface area contributed by atoms with Gasteiger partial charge in [-0.1, -0.05) is 65.9 Å². The van der Waals surface area contributed by atoms with Crippen molar-refractivity contribution >= 4 is 22.8 Å². The summed E-state index contributed by atoms with van der Waals surface area (Å²) in [6, 6.07) is 9.53. The fourth-order valence-electron chi connectivity index (χ4n) is 1.62. The minimum Gasteiger partial charge on any atom is -0.410 e. The van der Waals surface area contributed by atoms with Crippen molar-refractivity contribution in [3.05, 3.63) is 59.7 Å². The number of rotatable bonds is 2. The Balaban J connectivity index is 2.42. The molecule has 1 N–H and O–H groups in total. The highest BCUT2D eigenvalue weighted by atomic mass is 32.1. The molecule has 0 radical (unpaired) electrons. The zero-order valence-corrected chi connectivity index (χ0v) is 9.45. The van der Waals surface area contributed by atoms with E-state index in [1.807, 2.05) is 48.6 Å². The number of nitrogens with zero attached hydrogens (tertiary/aromatic N) is 1. The van der Waals surface area contributed by atoms with Gasteiger partial charge < -0.3 is 5.21 Å². The number of hydrogen-bond donors (Lipinski definition) is 1. The Morgan fingerprint density at radius 2 is 2.00 bits per heavy atom. The summed E-state index contributed by atoms with van der Waals surface area (Å²) < 4.78 is 0. The molecule has 2 nitrogen and oxygen atoms in total. The highest BCUT2D eigenvalue weighted by Crippen LogP contribution is 2.16. The molecule has 1 aromatic rings. The lowest BCUT2D eigenvalue weighted by Gasteiger charge is -2.12. The van der Waals surface area contributed by atoms with Gasteiger partial charge in [0.05, 0.1) is 0 Å². The molecule has 0 saturated carbocycles. The van der Waals surface area contributed by atoms with Gasteiger partial charge in [0, 0.05) is 22.4 Å². The maximum absolute atomic E-state index is 9.11. The first-order valence-corrected chi connectivity index (χ1v) is 5.41. The summed E-state index contributed by atoms with van der Waals surface area (Å²) in [5.74, 6) is 0. The molecule has 0 amide bonds.